The van der Waals surface area contributed by atoms with Gasteiger partial charge in [0, 0.05) is 0 Å². The third-order valence-electron chi connectivity index (χ3n) is 4.35. The molecule has 0 saturated carbocycles. The zero-order valence-electron chi connectivity index (χ0n) is 16.3. The monoisotopic (exact) mass is 356 g/mol. The lowest BCUT2D eigenvalue weighted by atomic mass is 10.1. The summed E-state index contributed by atoms with van der Waals surface area (Å²) in [6, 6.07) is 0. The van der Waals surface area contributed by atoms with E-state index in [4.69, 9.17) is 14.9 Å². The zero-order chi connectivity index (χ0) is 18.6. The van der Waals surface area contributed by atoms with Crippen LogP contribution in [0.25, 0.3) is 0 Å². The molecule has 0 bridgehead atoms. The standard InChI is InChI=1S/C21H40O4/c1-2-3-4-5-6-7-8-9-10-11-12-13-14-15-16-17-18-25-21(24)20(23)19-22/h9-10,20,22-23H,2-8,11-19H2,1H3. The van der Waals surface area contributed by atoms with Crippen LogP contribution in [0.15, 0.2) is 12.2 Å². The van der Waals surface area contributed by atoms with Crippen LogP contribution < -0.4 is 0 Å². The van der Waals surface area contributed by atoms with Crippen LogP contribution in [0.3, 0.4) is 0 Å². The van der Waals surface area contributed by atoms with Crippen molar-refractivity contribution in [1.82, 2.24) is 0 Å². The van der Waals surface area contributed by atoms with Crippen LogP contribution in [0.4, 0.5) is 0 Å². The minimum Gasteiger partial charge on any atom is -0.464 e. The second kappa shape index (κ2) is 19.5. The third-order valence-corrected chi connectivity index (χ3v) is 4.35. The van der Waals surface area contributed by atoms with Gasteiger partial charge >= 0.3 is 5.97 Å². The van der Waals surface area contributed by atoms with Crippen LogP contribution in [0, 0.1) is 0 Å². The van der Waals surface area contributed by atoms with Gasteiger partial charge in [0.1, 0.15) is 0 Å². The summed E-state index contributed by atoms with van der Waals surface area (Å²) in [6.45, 7) is 2.01. The Balaban J connectivity index is 3.18. The van der Waals surface area contributed by atoms with Gasteiger partial charge in [0.15, 0.2) is 6.10 Å². The molecule has 1 atom stereocenters. The number of esters is 1. The Kier molecular flexibility index (Phi) is 18.8. The molecule has 0 radical (unpaired) electrons. The molecule has 0 heterocycles. The second-order valence-electron chi connectivity index (χ2n) is 6.80. The van der Waals surface area contributed by atoms with Crippen molar-refractivity contribution in [2.75, 3.05) is 13.2 Å². The number of hydrogen-bond acceptors (Lipinski definition) is 4. The highest BCUT2D eigenvalue weighted by Gasteiger charge is 2.14. The first-order valence-corrected chi connectivity index (χ1v) is 10.3. The summed E-state index contributed by atoms with van der Waals surface area (Å²) < 4.78 is 4.86. The van der Waals surface area contributed by atoms with Gasteiger partial charge in [-0.05, 0) is 32.1 Å². The molecule has 0 rings (SSSR count). The van der Waals surface area contributed by atoms with E-state index < -0.39 is 18.7 Å². The molecule has 4 nitrogen and oxygen atoms in total. The van der Waals surface area contributed by atoms with Crippen molar-refractivity contribution in [2.45, 2.75) is 103 Å². The lowest BCUT2D eigenvalue weighted by Crippen LogP contribution is -2.26. The Bertz CT molecular complexity index is 315. The average molecular weight is 357 g/mol. The fraction of sp³-hybridized carbons (Fsp3) is 0.857. The summed E-state index contributed by atoms with van der Waals surface area (Å²) >= 11 is 0. The molecule has 148 valence electrons. The Morgan fingerprint density at radius 1 is 0.840 bits per heavy atom. The molecule has 0 amide bonds. The smallest absolute Gasteiger partial charge is 0.337 e. The molecule has 2 N–H and O–H groups in total. The maximum atomic E-state index is 11.1. The van der Waals surface area contributed by atoms with E-state index in [1.165, 1.54) is 70.6 Å². The van der Waals surface area contributed by atoms with E-state index in [9.17, 15) is 4.79 Å². The van der Waals surface area contributed by atoms with Crippen LogP contribution in [0.5, 0.6) is 0 Å². The van der Waals surface area contributed by atoms with E-state index in [2.05, 4.69) is 19.1 Å². The summed E-state index contributed by atoms with van der Waals surface area (Å²) in [5.41, 5.74) is 0. The van der Waals surface area contributed by atoms with Gasteiger partial charge in [-0.25, -0.2) is 4.79 Å². The lowest BCUT2D eigenvalue weighted by Gasteiger charge is -2.07. The first kappa shape index (κ1) is 24.1. The molecule has 0 aromatic carbocycles. The van der Waals surface area contributed by atoms with Crippen molar-refractivity contribution in [3.05, 3.63) is 12.2 Å². The molecule has 0 aliphatic rings. The number of ether oxygens (including phenoxy) is 1. The normalized spacial score (nSPS) is 12.6. The van der Waals surface area contributed by atoms with E-state index in [0.717, 1.165) is 19.3 Å². The molecule has 25 heavy (non-hydrogen) atoms. The molecule has 0 aliphatic heterocycles. The molecule has 0 aromatic heterocycles. The maximum absolute atomic E-state index is 11.1. The topological polar surface area (TPSA) is 66.8 Å². The molecule has 4 heteroatoms. The predicted octanol–water partition coefficient (Wildman–Crippen LogP) is 4.92. The fourth-order valence-corrected chi connectivity index (χ4v) is 2.69. The number of rotatable bonds is 18. The fourth-order valence-electron chi connectivity index (χ4n) is 2.69. The largest absolute Gasteiger partial charge is 0.464 e. The van der Waals surface area contributed by atoms with Gasteiger partial charge in [0.2, 0.25) is 0 Å². The lowest BCUT2D eigenvalue weighted by molar-refractivity contribution is -0.155. The van der Waals surface area contributed by atoms with Crippen LogP contribution in [0.1, 0.15) is 96.8 Å². The predicted molar refractivity (Wildman–Crippen MR) is 104 cm³/mol. The van der Waals surface area contributed by atoms with Gasteiger partial charge in [0.25, 0.3) is 0 Å². The van der Waals surface area contributed by atoms with Gasteiger partial charge in [-0.15, -0.1) is 0 Å². The number of allylic oxidation sites excluding steroid dienone is 2. The third kappa shape index (κ3) is 17.7. The van der Waals surface area contributed by atoms with Gasteiger partial charge < -0.3 is 14.9 Å². The van der Waals surface area contributed by atoms with Crippen LogP contribution in [0.2, 0.25) is 0 Å². The molecule has 1 unspecified atom stereocenters. The van der Waals surface area contributed by atoms with Crippen molar-refractivity contribution in [3.63, 3.8) is 0 Å². The van der Waals surface area contributed by atoms with E-state index >= 15 is 0 Å². The minimum atomic E-state index is -1.39. The van der Waals surface area contributed by atoms with E-state index in [0.29, 0.717) is 6.61 Å². The highest BCUT2D eigenvalue weighted by atomic mass is 16.5. The van der Waals surface area contributed by atoms with Crippen molar-refractivity contribution in [1.29, 1.82) is 0 Å². The molecule has 0 spiro atoms. The maximum Gasteiger partial charge on any atom is 0.337 e. The Morgan fingerprint density at radius 3 is 1.84 bits per heavy atom. The first-order chi connectivity index (χ1) is 12.2. The van der Waals surface area contributed by atoms with E-state index in [1.807, 2.05) is 0 Å². The number of carbonyl (C=O) groups is 1. The number of unbranched alkanes of at least 4 members (excludes halogenated alkanes) is 12. The zero-order valence-corrected chi connectivity index (χ0v) is 16.3. The molecule has 0 saturated heterocycles. The summed E-state index contributed by atoms with van der Waals surface area (Å²) in [5.74, 6) is -0.727. The Hall–Kier alpha value is -0.870. The Labute approximate surface area is 154 Å². The number of aliphatic hydroxyl groups excluding tert-OH is 2. The van der Waals surface area contributed by atoms with Crippen molar-refractivity contribution >= 4 is 5.97 Å². The summed E-state index contributed by atoms with van der Waals surface area (Å²) in [5, 5.41) is 17.6. The number of aliphatic hydroxyl groups is 2. The highest BCUT2D eigenvalue weighted by molar-refractivity contribution is 5.74. The molecular formula is C21H40O4. The minimum absolute atomic E-state index is 0.330. The van der Waals surface area contributed by atoms with Crippen LogP contribution in [-0.2, 0) is 9.53 Å². The second-order valence-corrected chi connectivity index (χ2v) is 6.80. The SMILES string of the molecule is CCCCCCCCC=CCCCCCCCCOC(=O)C(O)CO. The van der Waals surface area contributed by atoms with Gasteiger partial charge in [0.05, 0.1) is 13.2 Å². The van der Waals surface area contributed by atoms with Gasteiger partial charge in [-0.2, -0.15) is 0 Å². The molecule has 0 aromatic rings. The van der Waals surface area contributed by atoms with Gasteiger partial charge in [-0.3, -0.25) is 0 Å². The van der Waals surface area contributed by atoms with Gasteiger partial charge in [-0.1, -0.05) is 76.9 Å². The summed E-state index contributed by atoms with van der Waals surface area (Å²) in [4.78, 5) is 11.1. The number of hydrogen-bond donors (Lipinski definition) is 2. The van der Waals surface area contributed by atoms with E-state index in [-0.39, 0.29) is 0 Å². The Morgan fingerprint density at radius 2 is 1.32 bits per heavy atom. The first-order valence-electron chi connectivity index (χ1n) is 10.3. The van der Waals surface area contributed by atoms with Crippen LogP contribution in [-0.4, -0.2) is 35.5 Å². The van der Waals surface area contributed by atoms with Crippen molar-refractivity contribution in [3.8, 4) is 0 Å². The summed E-state index contributed by atoms with van der Waals surface area (Å²) in [7, 11) is 0. The number of carbonyl (C=O) groups excluding carboxylic acids is 1. The van der Waals surface area contributed by atoms with Crippen molar-refractivity contribution in [2.24, 2.45) is 0 Å². The average Bonchev–Trinajstić information content (AvgIpc) is 2.63. The quantitative estimate of drug-likeness (QED) is 0.208. The summed E-state index contributed by atoms with van der Waals surface area (Å²) in [6.07, 6.45) is 20.6. The van der Waals surface area contributed by atoms with E-state index in [1.54, 1.807) is 0 Å². The molecular weight excluding hydrogens is 316 g/mol. The van der Waals surface area contributed by atoms with Crippen molar-refractivity contribution < 1.29 is 19.7 Å². The highest BCUT2D eigenvalue weighted by Crippen LogP contribution is 2.10. The van der Waals surface area contributed by atoms with Crippen LogP contribution >= 0.6 is 0 Å². The molecule has 0 fully saturated rings. The molecule has 0 aliphatic carbocycles.